The zero-order chi connectivity index (χ0) is 19.3. The lowest BCUT2D eigenvalue weighted by molar-refractivity contribution is 0.588. The fourth-order valence-electron chi connectivity index (χ4n) is 3.76. The van der Waals surface area contributed by atoms with Crippen LogP contribution in [-0.2, 0) is 0 Å². The highest BCUT2D eigenvalue weighted by atomic mass is 16.1. The zero-order valence-electron chi connectivity index (χ0n) is 15.9. The first-order valence-electron chi connectivity index (χ1n) is 9.41. The molecule has 8 heteroatoms. The first-order valence-corrected chi connectivity index (χ1v) is 9.41. The number of imidazole rings is 1. The number of hydrogen-bond acceptors (Lipinski definition) is 6. The lowest BCUT2D eigenvalue weighted by Crippen LogP contribution is -2.43. The number of aryl methyl sites for hydroxylation is 2. The second-order valence-corrected chi connectivity index (χ2v) is 7.16. The third kappa shape index (κ3) is 2.82. The summed E-state index contributed by atoms with van der Waals surface area (Å²) in [5.41, 5.74) is 5.32. The quantitative estimate of drug-likeness (QED) is 0.571. The molecule has 1 aliphatic rings. The fourth-order valence-corrected chi connectivity index (χ4v) is 3.76. The average molecular weight is 375 g/mol. The molecular formula is C20H21N7O. The molecule has 0 radical (unpaired) electrons. The SMILES string of the molecule is Cc1cn2cc(-c3cc(=O)n4cc(N5CCNCC5)ccc4n3)nc2c(C)n1. The van der Waals surface area contributed by atoms with Gasteiger partial charge in [0.1, 0.15) is 11.3 Å². The van der Waals surface area contributed by atoms with Crippen molar-refractivity contribution in [3.63, 3.8) is 0 Å². The van der Waals surface area contributed by atoms with Gasteiger partial charge in [0.25, 0.3) is 5.56 Å². The van der Waals surface area contributed by atoms with E-state index in [-0.39, 0.29) is 5.56 Å². The third-order valence-electron chi connectivity index (χ3n) is 5.11. The molecule has 0 saturated carbocycles. The van der Waals surface area contributed by atoms with Crippen molar-refractivity contribution in [2.45, 2.75) is 13.8 Å². The van der Waals surface area contributed by atoms with Crippen LogP contribution in [0.1, 0.15) is 11.4 Å². The van der Waals surface area contributed by atoms with Gasteiger partial charge in [-0.2, -0.15) is 0 Å². The maximum atomic E-state index is 12.8. The van der Waals surface area contributed by atoms with E-state index in [1.165, 1.54) is 0 Å². The second kappa shape index (κ2) is 6.42. The first-order chi connectivity index (χ1) is 13.6. The predicted octanol–water partition coefficient (Wildman–Crippen LogP) is 1.43. The van der Waals surface area contributed by atoms with Gasteiger partial charge in [-0.1, -0.05) is 0 Å². The van der Waals surface area contributed by atoms with Crippen molar-refractivity contribution in [1.82, 2.24) is 29.1 Å². The Kier molecular flexibility index (Phi) is 3.87. The molecule has 8 nitrogen and oxygen atoms in total. The highest BCUT2D eigenvalue weighted by Gasteiger charge is 2.14. The van der Waals surface area contributed by atoms with Crippen molar-refractivity contribution in [1.29, 1.82) is 0 Å². The molecule has 5 heterocycles. The summed E-state index contributed by atoms with van der Waals surface area (Å²) in [6, 6.07) is 5.47. The number of nitrogens with zero attached hydrogens (tertiary/aromatic N) is 6. The molecule has 28 heavy (non-hydrogen) atoms. The highest BCUT2D eigenvalue weighted by molar-refractivity contribution is 5.63. The van der Waals surface area contributed by atoms with Crippen LogP contribution in [0.5, 0.6) is 0 Å². The van der Waals surface area contributed by atoms with Crippen LogP contribution in [0.3, 0.4) is 0 Å². The molecule has 1 saturated heterocycles. The second-order valence-electron chi connectivity index (χ2n) is 7.16. The summed E-state index contributed by atoms with van der Waals surface area (Å²) in [7, 11) is 0. The van der Waals surface area contributed by atoms with E-state index in [4.69, 9.17) is 0 Å². The van der Waals surface area contributed by atoms with Crippen molar-refractivity contribution < 1.29 is 0 Å². The average Bonchev–Trinajstić information content (AvgIpc) is 3.13. The molecule has 0 bridgehead atoms. The molecule has 142 valence electrons. The van der Waals surface area contributed by atoms with Gasteiger partial charge in [0.05, 0.1) is 22.8 Å². The molecule has 4 aromatic heterocycles. The molecule has 0 spiro atoms. The van der Waals surface area contributed by atoms with Crippen LogP contribution < -0.4 is 15.8 Å². The van der Waals surface area contributed by atoms with Crippen LogP contribution >= 0.6 is 0 Å². The lowest BCUT2D eigenvalue weighted by atomic mass is 10.3. The van der Waals surface area contributed by atoms with Crippen molar-refractivity contribution >= 4 is 17.0 Å². The fraction of sp³-hybridized carbons (Fsp3) is 0.300. The van der Waals surface area contributed by atoms with Crippen LogP contribution in [0.25, 0.3) is 22.7 Å². The molecule has 1 N–H and O–H groups in total. The van der Waals surface area contributed by atoms with Crippen molar-refractivity contribution in [2.75, 3.05) is 31.1 Å². The van der Waals surface area contributed by atoms with Gasteiger partial charge in [0.15, 0.2) is 5.65 Å². The van der Waals surface area contributed by atoms with Crippen molar-refractivity contribution in [2.24, 2.45) is 0 Å². The minimum atomic E-state index is -0.111. The van der Waals surface area contributed by atoms with Gasteiger partial charge in [0.2, 0.25) is 0 Å². The Balaban J connectivity index is 1.60. The van der Waals surface area contributed by atoms with Gasteiger partial charge in [0, 0.05) is 50.8 Å². The number of aromatic nitrogens is 5. The summed E-state index contributed by atoms with van der Waals surface area (Å²) in [5, 5.41) is 3.34. The molecule has 5 rings (SSSR count). The topological polar surface area (TPSA) is 79.8 Å². The Morgan fingerprint density at radius 3 is 2.61 bits per heavy atom. The number of hydrogen-bond donors (Lipinski definition) is 1. The maximum absolute atomic E-state index is 12.8. The highest BCUT2D eigenvalue weighted by Crippen LogP contribution is 2.20. The summed E-state index contributed by atoms with van der Waals surface area (Å²) in [6.07, 6.45) is 5.69. The van der Waals surface area contributed by atoms with Gasteiger partial charge in [-0.15, -0.1) is 0 Å². The number of piperazine rings is 1. The monoisotopic (exact) mass is 375 g/mol. The van der Waals surface area contributed by atoms with E-state index in [1.807, 2.05) is 49.0 Å². The van der Waals surface area contributed by atoms with E-state index >= 15 is 0 Å². The van der Waals surface area contributed by atoms with E-state index in [9.17, 15) is 4.79 Å². The van der Waals surface area contributed by atoms with Gasteiger partial charge >= 0.3 is 0 Å². The molecule has 0 aromatic carbocycles. The smallest absolute Gasteiger partial charge is 0.258 e. The molecule has 0 atom stereocenters. The van der Waals surface area contributed by atoms with Crippen LogP contribution in [0.2, 0.25) is 0 Å². The Morgan fingerprint density at radius 2 is 1.79 bits per heavy atom. The summed E-state index contributed by atoms with van der Waals surface area (Å²) in [6.45, 7) is 7.64. The maximum Gasteiger partial charge on any atom is 0.258 e. The van der Waals surface area contributed by atoms with Crippen molar-refractivity contribution in [3.05, 3.63) is 58.5 Å². The number of anilines is 1. The normalized spacial score (nSPS) is 14.9. The molecule has 0 aliphatic carbocycles. The summed E-state index contributed by atoms with van der Waals surface area (Å²) < 4.78 is 3.54. The Hall–Kier alpha value is -3.26. The number of pyridine rings is 1. The molecule has 1 fully saturated rings. The minimum absolute atomic E-state index is 0.111. The zero-order valence-corrected chi connectivity index (χ0v) is 15.9. The number of fused-ring (bicyclic) bond motifs is 2. The standard InChI is InChI=1S/C20H21N7O/c1-13-10-26-12-17(24-20(26)14(2)22-13)16-9-19(28)27-11-15(3-4-18(27)23-16)25-7-5-21-6-8-25/h3-4,9-12,21H,5-8H2,1-2H3. The molecular weight excluding hydrogens is 354 g/mol. The van der Waals surface area contributed by atoms with Gasteiger partial charge in [-0.3, -0.25) is 14.2 Å². The largest absolute Gasteiger partial charge is 0.368 e. The number of rotatable bonds is 2. The van der Waals surface area contributed by atoms with E-state index in [0.717, 1.165) is 48.9 Å². The summed E-state index contributed by atoms with van der Waals surface area (Å²) in [5.74, 6) is 0. The molecule has 4 aromatic rings. The van der Waals surface area contributed by atoms with Crippen LogP contribution in [-0.4, -0.2) is 49.9 Å². The summed E-state index contributed by atoms with van der Waals surface area (Å²) in [4.78, 5) is 28.8. The molecule has 1 aliphatic heterocycles. The van der Waals surface area contributed by atoms with Crippen LogP contribution in [0, 0.1) is 13.8 Å². The van der Waals surface area contributed by atoms with Gasteiger partial charge < -0.3 is 14.6 Å². The van der Waals surface area contributed by atoms with Crippen molar-refractivity contribution in [3.8, 4) is 11.4 Å². The number of nitrogens with one attached hydrogen (secondary N) is 1. The van der Waals surface area contributed by atoms with E-state index in [1.54, 1.807) is 10.5 Å². The predicted molar refractivity (Wildman–Crippen MR) is 108 cm³/mol. The summed E-state index contributed by atoms with van der Waals surface area (Å²) >= 11 is 0. The van der Waals surface area contributed by atoms with Gasteiger partial charge in [-0.25, -0.2) is 9.97 Å². The van der Waals surface area contributed by atoms with E-state index in [2.05, 4.69) is 25.2 Å². The van der Waals surface area contributed by atoms with E-state index < -0.39 is 0 Å². The van der Waals surface area contributed by atoms with Crippen LogP contribution in [0.15, 0.2) is 41.6 Å². The lowest BCUT2D eigenvalue weighted by Gasteiger charge is -2.29. The Morgan fingerprint density at radius 1 is 0.964 bits per heavy atom. The first kappa shape index (κ1) is 16.9. The molecule has 0 unspecified atom stereocenters. The Bertz CT molecular complexity index is 1250. The molecule has 0 amide bonds. The van der Waals surface area contributed by atoms with Gasteiger partial charge in [-0.05, 0) is 26.0 Å². The third-order valence-corrected chi connectivity index (χ3v) is 5.11. The van der Waals surface area contributed by atoms with Crippen LogP contribution in [0.4, 0.5) is 5.69 Å². The minimum Gasteiger partial charge on any atom is -0.368 e. The Labute approximate surface area is 161 Å². The van der Waals surface area contributed by atoms with E-state index in [0.29, 0.717) is 17.0 Å².